The first-order valence-corrected chi connectivity index (χ1v) is 7.65. The Morgan fingerprint density at radius 1 is 1.05 bits per heavy atom. The third-order valence-electron chi connectivity index (χ3n) is 4.09. The molecule has 1 aromatic carbocycles. The minimum Gasteiger partial charge on any atom is -0.282 e. The standard InChI is InChI=1S/C17H21N5/c1-13-14(2)20-21-16(13)8-9-17-18-12-19-22(17)11-10-15-6-4-3-5-7-15/h3-7,12H,8-11H2,1-2H3,(H,20,21). The van der Waals surface area contributed by atoms with Crippen LogP contribution in [0.15, 0.2) is 36.7 Å². The largest absolute Gasteiger partial charge is 0.282 e. The van der Waals surface area contributed by atoms with Gasteiger partial charge in [0.05, 0.1) is 5.69 Å². The van der Waals surface area contributed by atoms with Crippen LogP contribution in [0.25, 0.3) is 0 Å². The van der Waals surface area contributed by atoms with E-state index in [1.165, 1.54) is 11.1 Å². The molecule has 0 saturated carbocycles. The van der Waals surface area contributed by atoms with E-state index < -0.39 is 0 Å². The van der Waals surface area contributed by atoms with Gasteiger partial charge in [-0.2, -0.15) is 10.2 Å². The lowest BCUT2D eigenvalue weighted by atomic mass is 10.1. The smallest absolute Gasteiger partial charge is 0.138 e. The van der Waals surface area contributed by atoms with Crippen LogP contribution in [0.4, 0.5) is 0 Å². The highest BCUT2D eigenvalue weighted by molar-refractivity contribution is 5.22. The molecule has 0 aliphatic heterocycles. The predicted molar refractivity (Wildman–Crippen MR) is 85.6 cm³/mol. The van der Waals surface area contributed by atoms with E-state index in [1.807, 2.05) is 17.7 Å². The average Bonchev–Trinajstić information content (AvgIpc) is 3.12. The summed E-state index contributed by atoms with van der Waals surface area (Å²) < 4.78 is 2.00. The SMILES string of the molecule is Cc1[nH]nc(CCc2ncnn2CCc2ccccc2)c1C. The molecule has 22 heavy (non-hydrogen) atoms. The minimum absolute atomic E-state index is 0.859. The third kappa shape index (κ3) is 3.24. The minimum atomic E-state index is 0.859. The van der Waals surface area contributed by atoms with Crippen LogP contribution in [0, 0.1) is 13.8 Å². The highest BCUT2D eigenvalue weighted by atomic mass is 15.3. The normalized spacial score (nSPS) is 11.0. The van der Waals surface area contributed by atoms with Crippen molar-refractivity contribution in [2.24, 2.45) is 0 Å². The monoisotopic (exact) mass is 295 g/mol. The van der Waals surface area contributed by atoms with Gasteiger partial charge in [0.15, 0.2) is 0 Å². The Bertz CT molecular complexity index is 727. The highest BCUT2D eigenvalue weighted by Gasteiger charge is 2.09. The van der Waals surface area contributed by atoms with Crippen molar-refractivity contribution in [2.45, 2.75) is 39.7 Å². The van der Waals surface area contributed by atoms with Crippen LogP contribution in [0.5, 0.6) is 0 Å². The van der Waals surface area contributed by atoms with Crippen molar-refractivity contribution in [1.29, 1.82) is 0 Å². The Kier molecular flexibility index (Phi) is 4.32. The lowest BCUT2D eigenvalue weighted by molar-refractivity contribution is 0.575. The fourth-order valence-electron chi connectivity index (χ4n) is 2.56. The van der Waals surface area contributed by atoms with Crippen LogP contribution in [-0.4, -0.2) is 25.0 Å². The van der Waals surface area contributed by atoms with Gasteiger partial charge in [0.1, 0.15) is 12.2 Å². The van der Waals surface area contributed by atoms with Crippen molar-refractivity contribution in [2.75, 3.05) is 0 Å². The van der Waals surface area contributed by atoms with Crippen LogP contribution in [0.2, 0.25) is 0 Å². The summed E-state index contributed by atoms with van der Waals surface area (Å²) in [7, 11) is 0. The van der Waals surface area contributed by atoms with Crippen molar-refractivity contribution in [3.63, 3.8) is 0 Å². The maximum atomic E-state index is 4.39. The quantitative estimate of drug-likeness (QED) is 0.760. The van der Waals surface area contributed by atoms with Gasteiger partial charge in [0.2, 0.25) is 0 Å². The van der Waals surface area contributed by atoms with Gasteiger partial charge in [-0.3, -0.25) is 5.10 Å². The summed E-state index contributed by atoms with van der Waals surface area (Å²) in [6.07, 6.45) is 4.36. The Balaban J connectivity index is 1.61. The van der Waals surface area contributed by atoms with Gasteiger partial charge in [-0.1, -0.05) is 30.3 Å². The van der Waals surface area contributed by atoms with Crippen molar-refractivity contribution < 1.29 is 0 Å². The van der Waals surface area contributed by atoms with Crippen molar-refractivity contribution in [1.82, 2.24) is 25.0 Å². The predicted octanol–water partition coefficient (Wildman–Crippen LogP) is 2.65. The summed E-state index contributed by atoms with van der Waals surface area (Å²) in [6, 6.07) is 10.5. The first-order valence-electron chi connectivity index (χ1n) is 7.65. The van der Waals surface area contributed by atoms with Gasteiger partial charge >= 0.3 is 0 Å². The Morgan fingerprint density at radius 2 is 1.86 bits per heavy atom. The topological polar surface area (TPSA) is 59.4 Å². The second kappa shape index (κ2) is 6.56. The molecule has 1 N–H and O–H groups in total. The molecular formula is C17H21N5. The Labute approximate surface area is 130 Å². The summed E-state index contributed by atoms with van der Waals surface area (Å²) in [5.74, 6) is 1.02. The van der Waals surface area contributed by atoms with Gasteiger partial charge in [-0.15, -0.1) is 0 Å². The molecule has 5 nitrogen and oxygen atoms in total. The third-order valence-corrected chi connectivity index (χ3v) is 4.09. The zero-order chi connectivity index (χ0) is 15.4. The molecule has 0 bridgehead atoms. The van der Waals surface area contributed by atoms with E-state index in [0.29, 0.717) is 0 Å². The maximum Gasteiger partial charge on any atom is 0.138 e. The number of aryl methyl sites for hydroxylation is 5. The zero-order valence-electron chi connectivity index (χ0n) is 13.1. The number of rotatable bonds is 6. The van der Waals surface area contributed by atoms with Crippen LogP contribution in [0.3, 0.4) is 0 Å². The van der Waals surface area contributed by atoms with E-state index in [-0.39, 0.29) is 0 Å². The molecule has 3 aromatic rings. The summed E-state index contributed by atoms with van der Waals surface area (Å²) in [6.45, 7) is 5.01. The van der Waals surface area contributed by atoms with Crippen LogP contribution in [0.1, 0.15) is 28.3 Å². The van der Waals surface area contributed by atoms with E-state index in [2.05, 4.69) is 51.5 Å². The highest BCUT2D eigenvalue weighted by Crippen LogP contribution is 2.11. The first-order chi connectivity index (χ1) is 10.7. The molecule has 0 aliphatic rings. The van der Waals surface area contributed by atoms with E-state index in [1.54, 1.807) is 6.33 Å². The van der Waals surface area contributed by atoms with E-state index in [4.69, 9.17) is 0 Å². The molecular weight excluding hydrogens is 274 g/mol. The fraction of sp³-hybridized carbons (Fsp3) is 0.353. The fourth-order valence-corrected chi connectivity index (χ4v) is 2.56. The van der Waals surface area contributed by atoms with E-state index >= 15 is 0 Å². The molecule has 0 fully saturated rings. The van der Waals surface area contributed by atoms with Crippen LogP contribution < -0.4 is 0 Å². The number of aromatic nitrogens is 5. The summed E-state index contributed by atoms with van der Waals surface area (Å²) in [4.78, 5) is 4.39. The molecule has 0 amide bonds. The molecule has 3 rings (SSSR count). The van der Waals surface area contributed by atoms with Crippen molar-refractivity contribution in [3.05, 3.63) is 65.0 Å². The average molecular weight is 295 g/mol. The molecule has 2 aromatic heterocycles. The van der Waals surface area contributed by atoms with Gasteiger partial charge < -0.3 is 0 Å². The number of nitrogens with one attached hydrogen (secondary N) is 1. The molecule has 114 valence electrons. The van der Waals surface area contributed by atoms with Gasteiger partial charge in [-0.05, 0) is 37.8 Å². The second-order valence-electron chi connectivity index (χ2n) is 5.56. The lowest BCUT2D eigenvalue weighted by Gasteiger charge is -2.06. The van der Waals surface area contributed by atoms with Crippen LogP contribution in [-0.2, 0) is 25.8 Å². The number of hydrogen-bond acceptors (Lipinski definition) is 3. The zero-order valence-corrected chi connectivity index (χ0v) is 13.1. The maximum absolute atomic E-state index is 4.39. The second-order valence-corrected chi connectivity index (χ2v) is 5.56. The van der Waals surface area contributed by atoms with Gasteiger partial charge in [0, 0.05) is 18.7 Å². The summed E-state index contributed by atoms with van der Waals surface area (Å²) >= 11 is 0. The first kappa shape index (κ1) is 14.5. The van der Waals surface area contributed by atoms with Gasteiger partial charge in [0.25, 0.3) is 0 Å². The van der Waals surface area contributed by atoms with E-state index in [9.17, 15) is 0 Å². The molecule has 0 saturated heterocycles. The molecule has 5 heteroatoms. The van der Waals surface area contributed by atoms with E-state index in [0.717, 1.165) is 43.0 Å². The number of H-pyrrole nitrogens is 1. The van der Waals surface area contributed by atoms with Crippen LogP contribution >= 0.6 is 0 Å². The molecule has 0 aliphatic carbocycles. The molecule has 0 spiro atoms. The summed E-state index contributed by atoms with van der Waals surface area (Å²) in [5, 5.41) is 11.7. The lowest BCUT2D eigenvalue weighted by Crippen LogP contribution is -2.09. The number of hydrogen-bond donors (Lipinski definition) is 1. The Morgan fingerprint density at radius 3 is 2.59 bits per heavy atom. The molecule has 0 atom stereocenters. The number of benzene rings is 1. The Hall–Kier alpha value is -2.43. The van der Waals surface area contributed by atoms with Crippen molar-refractivity contribution in [3.8, 4) is 0 Å². The molecule has 0 radical (unpaired) electrons. The van der Waals surface area contributed by atoms with Crippen molar-refractivity contribution >= 4 is 0 Å². The van der Waals surface area contributed by atoms with Gasteiger partial charge in [-0.25, -0.2) is 9.67 Å². The number of aromatic amines is 1. The molecule has 0 unspecified atom stereocenters. The summed E-state index contributed by atoms with van der Waals surface area (Å²) in [5.41, 5.74) is 4.83. The molecule has 2 heterocycles. The number of nitrogens with zero attached hydrogens (tertiary/aromatic N) is 4.